The van der Waals surface area contributed by atoms with Gasteiger partial charge in [-0.1, -0.05) is 33.8 Å². The van der Waals surface area contributed by atoms with E-state index in [-0.39, 0.29) is 0 Å². The predicted octanol–water partition coefficient (Wildman–Crippen LogP) is 4.07. The van der Waals surface area contributed by atoms with Gasteiger partial charge in [0.05, 0.1) is 6.61 Å². The second kappa shape index (κ2) is 7.05. The van der Waals surface area contributed by atoms with Crippen molar-refractivity contribution in [1.29, 1.82) is 0 Å². The molecule has 102 valence electrons. The van der Waals surface area contributed by atoms with Crippen LogP contribution in [-0.4, -0.2) is 12.4 Å². The Morgan fingerprint density at radius 2 is 2.00 bits per heavy atom. The van der Waals surface area contributed by atoms with Crippen LogP contribution in [0, 0.1) is 5.41 Å². The molecule has 0 aliphatic carbocycles. The van der Waals surface area contributed by atoms with Gasteiger partial charge in [-0.2, -0.15) is 0 Å². The van der Waals surface area contributed by atoms with Crippen LogP contribution in [0.4, 0.5) is 0 Å². The molecule has 1 rings (SSSR count). The van der Waals surface area contributed by atoms with Crippen molar-refractivity contribution >= 4 is 11.8 Å². The average molecular weight is 267 g/mol. The van der Waals surface area contributed by atoms with Gasteiger partial charge in [0.15, 0.2) is 0 Å². The van der Waals surface area contributed by atoms with Crippen molar-refractivity contribution in [3.8, 4) is 5.75 Å². The summed E-state index contributed by atoms with van der Waals surface area (Å²) in [5, 5.41) is 0. The molecule has 0 aliphatic heterocycles. The molecule has 0 aromatic heterocycles. The van der Waals surface area contributed by atoms with E-state index in [0.717, 1.165) is 30.1 Å². The number of rotatable bonds is 6. The van der Waals surface area contributed by atoms with Crippen molar-refractivity contribution in [2.45, 2.75) is 45.6 Å². The van der Waals surface area contributed by atoms with Crippen LogP contribution in [-0.2, 0) is 6.54 Å². The van der Waals surface area contributed by atoms with Crippen molar-refractivity contribution in [2.75, 3.05) is 12.4 Å². The molecule has 0 radical (unpaired) electrons. The van der Waals surface area contributed by atoms with Gasteiger partial charge in [0.2, 0.25) is 0 Å². The summed E-state index contributed by atoms with van der Waals surface area (Å²) in [6.45, 7) is 10.1. The van der Waals surface area contributed by atoms with Gasteiger partial charge in [0.1, 0.15) is 5.75 Å². The number of thioether (sulfide) groups is 1. The Labute approximate surface area is 115 Å². The number of benzene rings is 1. The molecule has 0 atom stereocenters. The van der Waals surface area contributed by atoms with E-state index in [9.17, 15) is 0 Å². The van der Waals surface area contributed by atoms with Crippen LogP contribution in [0.15, 0.2) is 23.1 Å². The summed E-state index contributed by atoms with van der Waals surface area (Å²) in [5.74, 6) is 2.00. The molecule has 3 heteroatoms. The van der Waals surface area contributed by atoms with E-state index in [1.807, 2.05) is 23.9 Å². The summed E-state index contributed by atoms with van der Waals surface area (Å²) in [6, 6.07) is 6.18. The molecule has 1 aromatic carbocycles. The Morgan fingerprint density at radius 3 is 2.56 bits per heavy atom. The van der Waals surface area contributed by atoms with Gasteiger partial charge in [0.25, 0.3) is 0 Å². The number of nitrogens with two attached hydrogens (primary N) is 1. The summed E-state index contributed by atoms with van der Waals surface area (Å²) in [6.07, 6.45) is 1.04. The molecule has 0 unspecified atom stereocenters. The lowest BCUT2D eigenvalue weighted by molar-refractivity contribution is 0.241. The fourth-order valence-corrected chi connectivity index (χ4v) is 2.48. The average Bonchev–Trinajstić information content (AvgIpc) is 2.28. The van der Waals surface area contributed by atoms with Crippen molar-refractivity contribution in [2.24, 2.45) is 11.1 Å². The highest BCUT2D eigenvalue weighted by Gasteiger charge is 2.12. The number of hydrogen-bond acceptors (Lipinski definition) is 3. The van der Waals surface area contributed by atoms with Crippen LogP contribution in [0.3, 0.4) is 0 Å². The molecular formula is C15H25NOS. The first-order chi connectivity index (χ1) is 8.48. The normalized spacial score (nSPS) is 11.6. The summed E-state index contributed by atoms with van der Waals surface area (Å²) >= 11 is 1.82. The van der Waals surface area contributed by atoms with E-state index in [2.05, 4.69) is 33.8 Å². The summed E-state index contributed by atoms with van der Waals surface area (Å²) < 4.78 is 5.90. The smallest absolute Gasteiger partial charge is 0.124 e. The fourth-order valence-electron chi connectivity index (χ4n) is 1.64. The molecule has 0 amide bonds. The maximum Gasteiger partial charge on any atom is 0.124 e. The lowest BCUT2D eigenvalue weighted by Crippen LogP contribution is -2.12. The molecule has 0 aliphatic rings. The number of ether oxygens (including phenoxy) is 1. The quantitative estimate of drug-likeness (QED) is 0.789. The zero-order valence-electron chi connectivity index (χ0n) is 12.0. The molecule has 18 heavy (non-hydrogen) atoms. The molecule has 0 spiro atoms. The minimum Gasteiger partial charge on any atom is -0.493 e. The van der Waals surface area contributed by atoms with Gasteiger partial charge in [-0.25, -0.2) is 0 Å². The molecule has 2 nitrogen and oxygen atoms in total. The van der Waals surface area contributed by atoms with Gasteiger partial charge in [0, 0.05) is 17.0 Å². The van der Waals surface area contributed by atoms with Gasteiger partial charge >= 0.3 is 0 Å². The van der Waals surface area contributed by atoms with Crippen LogP contribution >= 0.6 is 11.8 Å². The SMILES string of the molecule is CCSc1cccc(OCCC(C)(C)C)c1CN. The standard InChI is InChI=1S/C15H25NOS/c1-5-18-14-8-6-7-13(12(14)11-16)17-10-9-15(2,3)4/h6-8H,5,9-11,16H2,1-4H3. The largest absolute Gasteiger partial charge is 0.493 e. The Bertz CT molecular complexity index is 371. The van der Waals surface area contributed by atoms with Crippen molar-refractivity contribution in [3.63, 3.8) is 0 Å². The van der Waals surface area contributed by atoms with E-state index in [1.54, 1.807) is 0 Å². The minimum absolute atomic E-state index is 0.304. The lowest BCUT2D eigenvalue weighted by Gasteiger charge is -2.19. The molecule has 0 bridgehead atoms. The van der Waals surface area contributed by atoms with Crippen LogP contribution < -0.4 is 10.5 Å². The predicted molar refractivity (Wildman–Crippen MR) is 80.3 cm³/mol. The first-order valence-corrected chi connectivity index (χ1v) is 7.54. The van der Waals surface area contributed by atoms with Crippen LogP contribution in [0.5, 0.6) is 5.75 Å². The van der Waals surface area contributed by atoms with Crippen LogP contribution in [0.1, 0.15) is 39.7 Å². The summed E-state index contributed by atoms with van der Waals surface area (Å²) in [7, 11) is 0. The van der Waals surface area contributed by atoms with E-state index < -0.39 is 0 Å². The van der Waals surface area contributed by atoms with Gasteiger partial charge in [-0.3, -0.25) is 0 Å². The third-order valence-corrected chi connectivity index (χ3v) is 3.69. The van der Waals surface area contributed by atoms with Gasteiger partial charge in [-0.15, -0.1) is 11.8 Å². The Balaban J connectivity index is 2.72. The second-order valence-corrected chi connectivity index (χ2v) is 6.83. The zero-order chi connectivity index (χ0) is 13.6. The highest BCUT2D eigenvalue weighted by atomic mass is 32.2. The van der Waals surface area contributed by atoms with E-state index >= 15 is 0 Å². The van der Waals surface area contributed by atoms with Gasteiger partial charge in [-0.05, 0) is 29.7 Å². The molecule has 0 saturated carbocycles. The molecule has 2 N–H and O–H groups in total. The highest BCUT2D eigenvalue weighted by molar-refractivity contribution is 7.99. The van der Waals surface area contributed by atoms with Crippen LogP contribution in [0.2, 0.25) is 0 Å². The molecule has 1 aromatic rings. The number of hydrogen-bond donors (Lipinski definition) is 1. The third-order valence-electron chi connectivity index (χ3n) is 2.70. The fraction of sp³-hybridized carbons (Fsp3) is 0.600. The second-order valence-electron chi connectivity index (χ2n) is 5.53. The highest BCUT2D eigenvalue weighted by Crippen LogP contribution is 2.30. The summed E-state index contributed by atoms with van der Waals surface area (Å²) in [5.41, 5.74) is 7.29. The van der Waals surface area contributed by atoms with Crippen LogP contribution in [0.25, 0.3) is 0 Å². The third kappa shape index (κ3) is 4.91. The van der Waals surface area contributed by atoms with Crippen molar-refractivity contribution < 1.29 is 4.74 Å². The van der Waals surface area contributed by atoms with Gasteiger partial charge < -0.3 is 10.5 Å². The molecule has 0 fully saturated rings. The monoisotopic (exact) mass is 267 g/mol. The minimum atomic E-state index is 0.304. The van der Waals surface area contributed by atoms with E-state index in [4.69, 9.17) is 10.5 Å². The first kappa shape index (κ1) is 15.4. The van der Waals surface area contributed by atoms with Crippen molar-refractivity contribution in [3.05, 3.63) is 23.8 Å². The zero-order valence-corrected chi connectivity index (χ0v) is 12.8. The maximum absolute atomic E-state index is 5.90. The Kier molecular flexibility index (Phi) is 6.03. The topological polar surface area (TPSA) is 35.2 Å². The first-order valence-electron chi connectivity index (χ1n) is 6.55. The summed E-state index contributed by atoms with van der Waals surface area (Å²) in [4.78, 5) is 1.24. The molecule has 0 heterocycles. The lowest BCUT2D eigenvalue weighted by atomic mass is 9.93. The Hall–Kier alpha value is -0.670. The molecule has 0 saturated heterocycles. The maximum atomic E-state index is 5.90. The van der Waals surface area contributed by atoms with Crippen molar-refractivity contribution in [1.82, 2.24) is 0 Å². The molecular weight excluding hydrogens is 242 g/mol. The van der Waals surface area contributed by atoms with E-state index in [1.165, 1.54) is 4.90 Å². The Morgan fingerprint density at radius 1 is 1.28 bits per heavy atom. The van der Waals surface area contributed by atoms with E-state index in [0.29, 0.717) is 12.0 Å².